The number of nitrogens with zero attached hydrogens (tertiary/aromatic N) is 1. The lowest BCUT2D eigenvalue weighted by atomic mass is 9.92. The van der Waals surface area contributed by atoms with E-state index in [0.717, 1.165) is 11.3 Å². The molecule has 0 radical (unpaired) electrons. The molecular formula is C11H16N4O. The van der Waals surface area contributed by atoms with Crippen LogP contribution in [0.25, 0.3) is 0 Å². The van der Waals surface area contributed by atoms with Crippen LogP contribution in [-0.2, 0) is 5.72 Å². The van der Waals surface area contributed by atoms with Gasteiger partial charge >= 0.3 is 0 Å². The number of nitrogens with two attached hydrogens (primary N) is 1. The van der Waals surface area contributed by atoms with Crippen LogP contribution in [0.3, 0.4) is 0 Å². The summed E-state index contributed by atoms with van der Waals surface area (Å²) in [6.45, 7) is 3.82. The third-order valence-corrected chi connectivity index (χ3v) is 2.91. The maximum absolute atomic E-state index is 10.5. The number of aliphatic hydroxyl groups is 1. The SMILES string of the molecule is CC(C)C1(O)NN(C(=N)N)c2ccccc21. The number of anilines is 1. The summed E-state index contributed by atoms with van der Waals surface area (Å²) in [7, 11) is 0. The smallest absolute Gasteiger partial charge is 0.208 e. The molecule has 0 amide bonds. The summed E-state index contributed by atoms with van der Waals surface area (Å²) in [5.41, 5.74) is 8.65. The van der Waals surface area contributed by atoms with Gasteiger partial charge < -0.3 is 10.8 Å². The van der Waals surface area contributed by atoms with Crippen LogP contribution in [0, 0.1) is 11.3 Å². The lowest BCUT2D eigenvalue weighted by molar-refractivity contribution is -0.0328. The summed E-state index contributed by atoms with van der Waals surface area (Å²) in [6.07, 6.45) is 0. The van der Waals surface area contributed by atoms with Crippen LogP contribution >= 0.6 is 0 Å². The number of hydrogen-bond acceptors (Lipinski definition) is 3. The predicted molar refractivity (Wildman–Crippen MR) is 62.7 cm³/mol. The molecule has 2 rings (SSSR count). The van der Waals surface area contributed by atoms with Crippen molar-refractivity contribution in [3.63, 3.8) is 0 Å². The third kappa shape index (κ3) is 1.36. The van der Waals surface area contributed by atoms with Gasteiger partial charge in [-0.25, -0.2) is 5.01 Å². The number of rotatable bonds is 1. The molecule has 0 fully saturated rings. The lowest BCUT2D eigenvalue weighted by Gasteiger charge is -2.29. The van der Waals surface area contributed by atoms with E-state index < -0.39 is 5.72 Å². The van der Waals surface area contributed by atoms with Crippen molar-refractivity contribution in [3.8, 4) is 0 Å². The molecule has 1 aromatic carbocycles. The first kappa shape index (κ1) is 10.9. The quantitative estimate of drug-likeness (QED) is 0.414. The van der Waals surface area contributed by atoms with Gasteiger partial charge in [0.1, 0.15) is 0 Å². The largest absolute Gasteiger partial charge is 0.370 e. The van der Waals surface area contributed by atoms with Crippen LogP contribution in [0.4, 0.5) is 5.69 Å². The fourth-order valence-corrected chi connectivity index (χ4v) is 1.91. The van der Waals surface area contributed by atoms with Crippen LogP contribution in [0.15, 0.2) is 24.3 Å². The van der Waals surface area contributed by atoms with Gasteiger partial charge in [-0.3, -0.25) is 5.41 Å². The second-order valence-corrected chi connectivity index (χ2v) is 4.27. The van der Waals surface area contributed by atoms with Crippen LogP contribution in [0.1, 0.15) is 19.4 Å². The number of guanidine groups is 1. The molecule has 5 heteroatoms. The molecule has 5 N–H and O–H groups in total. The Balaban J connectivity index is 2.55. The number of fused-ring (bicyclic) bond motifs is 1. The molecule has 5 nitrogen and oxygen atoms in total. The van der Waals surface area contributed by atoms with E-state index in [-0.39, 0.29) is 11.9 Å². The second-order valence-electron chi connectivity index (χ2n) is 4.27. The molecule has 0 saturated heterocycles. The molecule has 1 aliphatic rings. The Morgan fingerprint density at radius 1 is 1.50 bits per heavy atom. The van der Waals surface area contributed by atoms with E-state index in [1.807, 2.05) is 38.1 Å². The monoisotopic (exact) mass is 220 g/mol. The molecule has 0 aliphatic carbocycles. The van der Waals surface area contributed by atoms with Crippen LogP contribution in [-0.4, -0.2) is 11.1 Å². The number of nitrogens with one attached hydrogen (secondary N) is 2. The first-order valence-electron chi connectivity index (χ1n) is 5.20. The van der Waals surface area contributed by atoms with Gasteiger partial charge in [-0.2, -0.15) is 5.43 Å². The Labute approximate surface area is 94.3 Å². The summed E-state index contributed by atoms with van der Waals surface area (Å²) >= 11 is 0. The Morgan fingerprint density at radius 3 is 2.69 bits per heavy atom. The van der Waals surface area contributed by atoms with Crippen LogP contribution in [0.5, 0.6) is 0 Å². The molecular weight excluding hydrogens is 204 g/mol. The molecule has 0 bridgehead atoms. The van der Waals surface area contributed by atoms with Gasteiger partial charge in [0, 0.05) is 11.5 Å². The lowest BCUT2D eigenvalue weighted by Crippen LogP contribution is -2.53. The molecule has 86 valence electrons. The van der Waals surface area contributed by atoms with E-state index in [9.17, 15) is 5.11 Å². The maximum Gasteiger partial charge on any atom is 0.208 e. The Morgan fingerprint density at radius 2 is 2.12 bits per heavy atom. The van der Waals surface area contributed by atoms with Gasteiger partial charge in [0.2, 0.25) is 5.96 Å². The van der Waals surface area contributed by atoms with Gasteiger partial charge in [0.25, 0.3) is 0 Å². The molecule has 1 aliphatic heterocycles. The van der Waals surface area contributed by atoms with Crippen molar-refractivity contribution >= 4 is 11.6 Å². The van der Waals surface area contributed by atoms with E-state index >= 15 is 0 Å². The van der Waals surface area contributed by atoms with Crippen molar-refractivity contribution < 1.29 is 5.11 Å². The van der Waals surface area contributed by atoms with Crippen molar-refractivity contribution in [1.29, 1.82) is 5.41 Å². The molecule has 0 spiro atoms. The van der Waals surface area contributed by atoms with E-state index in [1.165, 1.54) is 5.01 Å². The Hall–Kier alpha value is -1.59. The fourth-order valence-electron chi connectivity index (χ4n) is 1.91. The van der Waals surface area contributed by atoms with E-state index in [0.29, 0.717) is 0 Å². The molecule has 0 saturated carbocycles. The fraction of sp³-hybridized carbons (Fsp3) is 0.364. The van der Waals surface area contributed by atoms with Gasteiger partial charge in [0.15, 0.2) is 5.72 Å². The van der Waals surface area contributed by atoms with Crippen LogP contribution in [0.2, 0.25) is 0 Å². The van der Waals surface area contributed by atoms with Crippen LogP contribution < -0.4 is 16.2 Å². The number of hydrogen-bond donors (Lipinski definition) is 4. The van der Waals surface area contributed by atoms with Crippen molar-refractivity contribution in [1.82, 2.24) is 5.43 Å². The van der Waals surface area contributed by atoms with Crippen molar-refractivity contribution in [2.75, 3.05) is 5.01 Å². The first-order valence-corrected chi connectivity index (χ1v) is 5.20. The summed E-state index contributed by atoms with van der Waals surface area (Å²) in [5, 5.41) is 19.4. The molecule has 1 heterocycles. The minimum Gasteiger partial charge on any atom is -0.370 e. The summed E-state index contributed by atoms with van der Waals surface area (Å²) in [5.74, 6) is -0.165. The third-order valence-electron chi connectivity index (χ3n) is 2.91. The van der Waals surface area contributed by atoms with E-state index in [1.54, 1.807) is 0 Å². The van der Waals surface area contributed by atoms with Gasteiger partial charge in [0.05, 0.1) is 5.69 Å². The molecule has 0 aromatic heterocycles. The highest BCUT2D eigenvalue weighted by atomic mass is 16.3. The zero-order valence-corrected chi connectivity index (χ0v) is 9.36. The standard InChI is InChI=1S/C11H16N4O/c1-7(2)11(16)8-5-3-4-6-9(8)15(14-11)10(12)13/h3-7,14,16H,1-2H3,(H3,12,13). The average molecular weight is 220 g/mol. The second kappa shape index (κ2) is 3.47. The Kier molecular flexibility index (Phi) is 2.36. The highest BCUT2D eigenvalue weighted by molar-refractivity contribution is 5.94. The zero-order chi connectivity index (χ0) is 11.9. The van der Waals surface area contributed by atoms with Gasteiger partial charge in [-0.1, -0.05) is 32.0 Å². The van der Waals surface area contributed by atoms with Crippen molar-refractivity contribution in [2.45, 2.75) is 19.6 Å². The first-order chi connectivity index (χ1) is 7.47. The van der Waals surface area contributed by atoms with E-state index in [4.69, 9.17) is 11.1 Å². The molecule has 1 aromatic rings. The molecule has 1 atom stereocenters. The predicted octanol–water partition coefficient (Wildman–Crippen LogP) is 0.706. The summed E-state index contributed by atoms with van der Waals surface area (Å²) in [4.78, 5) is 0. The summed E-state index contributed by atoms with van der Waals surface area (Å²) in [6, 6.07) is 7.37. The number of para-hydroxylation sites is 1. The van der Waals surface area contributed by atoms with Crippen molar-refractivity contribution in [2.24, 2.45) is 11.7 Å². The van der Waals surface area contributed by atoms with E-state index in [2.05, 4.69) is 5.43 Å². The highest BCUT2D eigenvalue weighted by Crippen LogP contribution is 2.39. The Bertz CT molecular complexity index is 432. The summed E-state index contributed by atoms with van der Waals surface area (Å²) < 4.78 is 0. The topological polar surface area (TPSA) is 85.4 Å². The molecule has 16 heavy (non-hydrogen) atoms. The van der Waals surface area contributed by atoms with Crippen molar-refractivity contribution in [3.05, 3.63) is 29.8 Å². The maximum atomic E-state index is 10.5. The minimum atomic E-state index is -1.16. The van der Waals surface area contributed by atoms with Gasteiger partial charge in [-0.05, 0) is 6.07 Å². The minimum absolute atomic E-state index is 0.0296. The van der Waals surface area contributed by atoms with Gasteiger partial charge in [-0.15, -0.1) is 0 Å². The zero-order valence-electron chi connectivity index (χ0n) is 9.36. The number of hydrazine groups is 1. The normalized spacial score (nSPS) is 23.6. The average Bonchev–Trinajstić information content (AvgIpc) is 2.55. The number of benzene rings is 1. The highest BCUT2D eigenvalue weighted by Gasteiger charge is 2.43. The molecule has 1 unspecified atom stereocenters.